The van der Waals surface area contributed by atoms with Crippen molar-refractivity contribution >= 4 is 63.7 Å². The highest BCUT2D eigenvalue weighted by molar-refractivity contribution is 9.12. The smallest absolute Gasteiger partial charge is 0.118 e. The molecule has 0 saturated heterocycles. The van der Waals surface area contributed by atoms with Crippen LogP contribution in [0.5, 0.6) is 0 Å². The molecule has 0 heterocycles. The second-order valence-electron chi connectivity index (χ2n) is 5.21. The van der Waals surface area contributed by atoms with Crippen LogP contribution in [0.4, 0.5) is 0 Å². The van der Waals surface area contributed by atoms with Crippen molar-refractivity contribution in [1.82, 2.24) is 0 Å². The first-order valence-electron chi connectivity index (χ1n) is 6.61. The Kier molecular flexibility index (Phi) is 5.82. The van der Waals surface area contributed by atoms with E-state index in [1.165, 1.54) is 0 Å². The summed E-state index contributed by atoms with van der Waals surface area (Å²) in [6.07, 6.45) is 11.8. The third-order valence-corrected chi connectivity index (χ3v) is 7.93. The summed E-state index contributed by atoms with van der Waals surface area (Å²) in [4.78, 5) is -0.575. The zero-order valence-electron chi connectivity index (χ0n) is 11.3. The molecule has 0 aliphatic heterocycles. The van der Waals surface area contributed by atoms with Gasteiger partial charge in [0.15, 0.2) is 0 Å². The molecule has 1 unspecified atom stereocenters. The number of halogens is 4. The van der Waals surface area contributed by atoms with E-state index in [4.69, 9.17) is 0 Å². The SMILES string of the molecule is CCC([C@]1(O)C(Br)=CC=C[C@@H]1Br)[C@@]1(O)C(Br)=CC=C[C@@H]1Br. The molecule has 5 atom stereocenters. The molecular weight excluding hydrogens is 532 g/mol. The topological polar surface area (TPSA) is 40.5 Å². The first-order valence-corrected chi connectivity index (χ1v) is 10.0. The van der Waals surface area contributed by atoms with Gasteiger partial charge in [0.25, 0.3) is 0 Å². The number of hydrogen-bond donors (Lipinski definition) is 2. The van der Waals surface area contributed by atoms with Gasteiger partial charge in [0.2, 0.25) is 0 Å². The van der Waals surface area contributed by atoms with Crippen LogP contribution in [-0.4, -0.2) is 31.1 Å². The standard InChI is InChI=1S/C15H16Br4O2/c1-2-9(14(20)10(16)5-3-6-11(14)17)15(21)12(18)7-4-8-13(15)19/h3-10,12,20-21H,2H2,1H3/t9?,10-,12-,14-,15+/m0/s1. The van der Waals surface area contributed by atoms with Crippen molar-refractivity contribution in [2.45, 2.75) is 34.2 Å². The lowest BCUT2D eigenvalue weighted by Gasteiger charge is -2.49. The highest BCUT2D eigenvalue weighted by Gasteiger charge is 2.57. The Labute approximate surface area is 158 Å². The summed E-state index contributed by atoms with van der Waals surface area (Å²) in [5, 5.41) is 22.7. The number of alkyl halides is 2. The second kappa shape index (κ2) is 6.73. The first-order chi connectivity index (χ1) is 9.79. The maximum Gasteiger partial charge on any atom is 0.118 e. The Morgan fingerprint density at radius 3 is 1.67 bits per heavy atom. The van der Waals surface area contributed by atoms with Crippen LogP contribution in [0.1, 0.15) is 13.3 Å². The van der Waals surface area contributed by atoms with Crippen molar-refractivity contribution in [2.75, 3.05) is 0 Å². The lowest BCUT2D eigenvalue weighted by atomic mass is 9.68. The number of hydrogen-bond acceptors (Lipinski definition) is 2. The van der Waals surface area contributed by atoms with Gasteiger partial charge in [0, 0.05) is 14.9 Å². The largest absolute Gasteiger partial charge is 0.383 e. The lowest BCUT2D eigenvalue weighted by molar-refractivity contribution is -0.0738. The van der Waals surface area contributed by atoms with E-state index in [0.29, 0.717) is 15.4 Å². The molecule has 2 N–H and O–H groups in total. The first kappa shape index (κ1) is 18.1. The minimum Gasteiger partial charge on any atom is -0.383 e. The lowest BCUT2D eigenvalue weighted by Crippen LogP contribution is -2.60. The molecule has 2 aliphatic rings. The molecule has 0 amide bonds. The normalized spacial score (nSPS) is 40.7. The minimum absolute atomic E-state index is 0.288. The van der Waals surface area contributed by atoms with E-state index in [1.807, 2.05) is 43.4 Å². The van der Waals surface area contributed by atoms with Gasteiger partial charge < -0.3 is 10.2 Å². The van der Waals surface area contributed by atoms with Gasteiger partial charge in [0.05, 0.1) is 9.65 Å². The average Bonchev–Trinajstić information content (AvgIpc) is 2.43. The van der Waals surface area contributed by atoms with Crippen molar-refractivity contribution in [3.05, 3.63) is 45.4 Å². The summed E-state index contributed by atoms with van der Waals surface area (Å²) in [5.74, 6) is -0.426. The molecule has 2 rings (SSSR count). The predicted molar refractivity (Wildman–Crippen MR) is 101 cm³/mol. The van der Waals surface area contributed by atoms with E-state index in [9.17, 15) is 10.2 Å². The van der Waals surface area contributed by atoms with Gasteiger partial charge in [-0.1, -0.05) is 94.9 Å². The summed E-state index contributed by atoms with van der Waals surface area (Å²) in [6, 6.07) is 0. The van der Waals surface area contributed by atoms with Gasteiger partial charge >= 0.3 is 0 Å². The van der Waals surface area contributed by atoms with E-state index in [1.54, 1.807) is 0 Å². The van der Waals surface area contributed by atoms with Crippen LogP contribution in [0.15, 0.2) is 45.4 Å². The zero-order valence-corrected chi connectivity index (χ0v) is 17.7. The van der Waals surface area contributed by atoms with Gasteiger partial charge in [-0.3, -0.25) is 0 Å². The van der Waals surface area contributed by atoms with Crippen LogP contribution < -0.4 is 0 Å². The van der Waals surface area contributed by atoms with E-state index in [2.05, 4.69) is 63.7 Å². The van der Waals surface area contributed by atoms with Crippen molar-refractivity contribution in [3.8, 4) is 0 Å². The molecule has 0 aromatic heterocycles. The molecule has 6 heteroatoms. The molecule has 0 fully saturated rings. The van der Waals surface area contributed by atoms with Crippen LogP contribution in [0.2, 0.25) is 0 Å². The Morgan fingerprint density at radius 1 is 1.00 bits per heavy atom. The number of allylic oxidation sites excluding steroid dienone is 4. The van der Waals surface area contributed by atoms with Crippen LogP contribution >= 0.6 is 63.7 Å². The summed E-state index contributed by atoms with van der Waals surface area (Å²) in [7, 11) is 0. The molecule has 0 spiro atoms. The minimum atomic E-state index is -1.23. The molecule has 0 aromatic carbocycles. The molecule has 2 nitrogen and oxygen atoms in total. The van der Waals surface area contributed by atoms with Crippen molar-refractivity contribution in [2.24, 2.45) is 5.92 Å². The fourth-order valence-corrected chi connectivity index (χ4v) is 6.42. The highest BCUT2D eigenvalue weighted by atomic mass is 79.9. The van der Waals surface area contributed by atoms with Crippen LogP contribution in [0, 0.1) is 5.92 Å². The van der Waals surface area contributed by atoms with Crippen molar-refractivity contribution in [1.29, 1.82) is 0 Å². The monoisotopic (exact) mass is 544 g/mol. The average molecular weight is 548 g/mol. The fraction of sp³-hybridized carbons (Fsp3) is 0.467. The number of rotatable bonds is 3. The zero-order chi connectivity index (χ0) is 15.8. The third-order valence-electron chi connectivity index (χ3n) is 4.12. The fourth-order valence-electron chi connectivity index (χ4n) is 2.97. The van der Waals surface area contributed by atoms with Gasteiger partial charge in [-0.25, -0.2) is 0 Å². The molecule has 0 saturated carbocycles. The molecule has 0 aromatic rings. The second-order valence-corrected chi connectivity index (χ2v) is 8.90. The Morgan fingerprint density at radius 2 is 1.38 bits per heavy atom. The Hall–Kier alpha value is 0.800. The maximum absolute atomic E-state index is 11.4. The van der Waals surface area contributed by atoms with Gasteiger partial charge in [-0.2, -0.15) is 0 Å². The van der Waals surface area contributed by atoms with E-state index >= 15 is 0 Å². The van der Waals surface area contributed by atoms with Crippen LogP contribution in [0.3, 0.4) is 0 Å². The highest BCUT2D eigenvalue weighted by Crippen LogP contribution is 2.51. The third kappa shape index (κ3) is 2.85. The van der Waals surface area contributed by atoms with E-state index in [-0.39, 0.29) is 9.65 Å². The maximum atomic E-state index is 11.4. The van der Waals surface area contributed by atoms with Crippen LogP contribution in [0.25, 0.3) is 0 Å². The van der Waals surface area contributed by atoms with Gasteiger partial charge in [0.1, 0.15) is 11.2 Å². The quantitative estimate of drug-likeness (QED) is 0.503. The Bertz CT molecular complexity index is 494. The summed E-state index contributed by atoms with van der Waals surface area (Å²) >= 11 is 14.0. The van der Waals surface area contributed by atoms with Crippen LogP contribution in [-0.2, 0) is 0 Å². The molecule has 0 radical (unpaired) electrons. The predicted octanol–water partition coefficient (Wildman–Crippen LogP) is 4.70. The summed E-state index contributed by atoms with van der Waals surface area (Å²) < 4.78 is 1.32. The van der Waals surface area contributed by atoms with E-state index in [0.717, 1.165) is 0 Å². The molecule has 0 bridgehead atoms. The number of aliphatic hydroxyl groups is 2. The summed E-state index contributed by atoms with van der Waals surface area (Å²) in [5.41, 5.74) is -2.47. The van der Waals surface area contributed by atoms with E-state index < -0.39 is 17.1 Å². The molecule has 116 valence electrons. The van der Waals surface area contributed by atoms with Gasteiger partial charge in [-0.15, -0.1) is 0 Å². The molecule has 21 heavy (non-hydrogen) atoms. The van der Waals surface area contributed by atoms with Crippen molar-refractivity contribution < 1.29 is 10.2 Å². The molecule has 2 aliphatic carbocycles. The van der Waals surface area contributed by atoms with Crippen molar-refractivity contribution in [3.63, 3.8) is 0 Å². The molecular formula is C15H16Br4O2. The Balaban J connectivity index is 2.54. The summed E-state index contributed by atoms with van der Waals surface area (Å²) in [6.45, 7) is 1.97. The van der Waals surface area contributed by atoms with Gasteiger partial charge in [-0.05, 0) is 18.6 Å².